The molecule has 0 aliphatic rings. The zero-order valence-corrected chi connectivity index (χ0v) is 11.8. The van der Waals surface area contributed by atoms with Crippen LogP contribution in [0.1, 0.15) is 11.1 Å². The van der Waals surface area contributed by atoms with Crippen molar-refractivity contribution < 1.29 is 4.92 Å². The summed E-state index contributed by atoms with van der Waals surface area (Å²) >= 11 is 0. The summed E-state index contributed by atoms with van der Waals surface area (Å²) < 4.78 is 0. The molecular weight excluding hydrogens is 284 g/mol. The Labute approximate surface area is 125 Å². The number of benzene rings is 2. The first-order valence-electron chi connectivity index (χ1n) is 6.73. The number of aromatic amines is 2. The first-order chi connectivity index (χ1) is 10.5. The lowest BCUT2D eigenvalue weighted by molar-refractivity contribution is -0.385. The Kier molecular flexibility index (Phi) is 3.38. The largest absolute Gasteiger partial charge is 0.381 e. The Morgan fingerprint density at radius 2 is 1.91 bits per heavy atom. The number of hydrogen-bond acceptors (Lipinski definition) is 4. The standard InChI is InChI=1S/C15H14N4O3/c1-9-6-11(3-5-14(9)19(21)22)16-8-10-2-4-12-13(7-10)18-15(20)17-12/h2-7,16H,8H2,1H3,(H2,17,18,20). The van der Waals surface area contributed by atoms with Crippen LogP contribution in [0.4, 0.5) is 11.4 Å². The van der Waals surface area contributed by atoms with Gasteiger partial charge in [-0.1, -0.05) is 6.07 Å². The predicted octanol–water partition coefficient (Wildman–Crippen LogP) is 2.68. The molecule has 112 valence electrons. The predicted molar refractivity (Wildman–Crippen MR) is 84.1 cm³/mol. The summed E-state index contributed by atoms with van der Waals surface area (Å²) in [5, 5.41) is 14.0. The maximum absolute atomic E-state index is 11.2. The third kappa shape index (κ3) is 2.69. The van der Waals surface area contributed by atoms with Gasteiger partial charge in [0, 0.05) is 23.9 Å². The van der Waals surface area contributed by atoms with Crippen LogP contribution in [0.2, 0.25) is 0 Å². The third-order valence-corrected chi connectivity index (χ3v) is 3.47. The molecule has 1 heterocycles. The van der Waals surface area contributed by atoms with Crippen LogP contribution in [-0.2, 0) is 6.54 Å². The molecule has 3 rings (SSSR count). The average molecular weight is 298 g/mol. The van der Waals surface area contributed by atoms with E-state index in [0.29, 0.717) is 12.1 Å². The molecule has 2 aromatic carbocycles. The van der Waals surface area contributed by atoms with E-state index in [1.807, 2.05) is 18.2 Å². The van der Waals surface area contributed by atoms with Crippen LogP contribution in [0.5, 0.6) is 0 Å². The summed E-state index contributed by atoms with van der Waals surface area (Å²) in [4.78, 5) is 27.0. The number of hydrogen-bond donors (Lipinski definition) is 3. The fraction of sp³-hybridized carbons (Fsp3) is 0.133. The molecule has 0 saturated heterocycles. The maximum Gasteiger partial charge on any atom is 0.323 e. The van der Waals surface area contributed by atoms with Gasteiger partial charge in [0.1, 0.15) is 0 Å². The minimum atomic E-state index is -0.394. The SMILES string of the molecule is Cc1cc(NCc2ccc3[nH]c(=O)[nH]c3c2)ccc1[N+](=O)[O-]. The summed E-state index contributed by atoms with van der Waals surface area (Å²) in [5.74, 6) is 0. The van der Waals surface area contributed by atoms with E-state index in [1.165, 1.54) is 6.07 Å². The Balaban J connectivity index is 1.77. The number of H-pyrrole nitrogens is 2. The Hall–Kier alpha value is -3.09. The van der Waals surface area contributed by atoms with E-state index in [1.54, 1.807) is 19.1 Å². The van der Waals surface area contributed by atoms with Gasteiger partial charge in [-0.05, 0) is 36.8 Å². The van der Waals surface area contributed by atoms with Gasteiger partial charge in [0.05, 0.1) is 16.0 Å². The summed E-state index contributed by atoms with van der Waals surface area (Å²) in [6.07, 6.45) is 0. The Morgan fingerprint density at radius 3 is 2.64 bits per heavy atom. The molecule has 3 aromatic rings. The van der Waals surface area contributed by atoms with Crippen molar-refractivity contribution in [3.63, 3.8) is 0 Å². The average Bonchev–Trinajstić information content (AvgIpc) is 2.84. The molecule has 0 fully saturated rings. The molecule has 0 radical (unpaired) electrons. The van der Waals surface area contributed by atoms with Crippen molar-refractivity contribution >= 4 is 22.4 Å². The number of nitro groups is 1. The number of anilines is 1. The van der Waals surface area contributed by atoms with Gasteiger partial charge in [-0.25, -0.2) is 4.79 Å². The molecule has 0 atom stereocenters. The van der Waals surface area contributed by atoms with Crippen molar-refractivity contribution in [2.45, 2.75) is 13.5 Å². The van der Waals surface area contributed by atoms with Gasteiger partial charge in [0.2, 0.25) is 0 Å². The van der Waals surface area contributed by atoms with E-state index in [0.717, 1.165) is 22.3 Å². The van der Waals surface area contributed by atoms with Crippen molar-refractivity contribution in [3.05, 3.63) is 68.1 Å². The second-order valence-corrected chi connectivity index (χ2v) is 5.07. The monoisotopic (exact) mass is 298 g/mol. The number of aromatic nitrogens is 2. The first-order valence-corrected chi connectivity index (χ1v) is 6.73. The van der Waals surface area contributed by atoms with Crippen molar-refractivity contribution in [1.29, 1.82) is 0 Å². The Morgan fingerprint density at radius 1 is 1.14 bits per heavy atom. The summed E-state index contributed by atoms with van der Waals surface area (Å²) in [6, 6.07) is 10.6. The van der Waals surface area contributed by atoms with E-state index in [-0.39, 0.29) is 11.4 Å². The number of aryl methyl sites for hydroxylation is 1. The molecule has 7 heteroatoms. The Bertz CT molecular complexity index is 911. The molecule has 22 heavy (non-hydrogen) atoms. The highest BCUT2D eigenvalue weighted by Gasteiger charge is 2.10. The molecular formula is C15H14N4O3. The van der Waals surface area contributed by atoms with Crippen LogP contribution in [0.3, 0.4) is 0 Å². The summed E-state index contributed by atoms with van der Waals surface area (Å²) in [6.45, 7) is 2.26. The molecule has 0 spiro atoms. The zero-order chi connectivity index (χ0) is 15.7. The van der Waals surface area contributed by atoms with E-state index >= 15 is 0 Å². The van der Waals surface area contributed by atoms with E-state index in [9.17, 15) is 14.9 Å². The van der Waals surface area contributed by atoms with E-state index in [2.05, 4.69) is 15.3 Å². The van der Waals surface area contributed by atoms with Crippen LogP contribution in [0.15, 0.2) is 41.2 Å². The van der Waals surface area contributed by atoms with Crippen LogP contribution in [-0.4, -0.2) is 14.9 Å². The minimum Gasteiger partial charge on any atom is -0.381 e. The van der Waals surface area contributed by atoms with Crippen molar-refractivity contribution in [3.8, 4) is 0 Å². The highest BCUT2D eigenvalue weighted by Crippen LogP contribution is 2.22. The fourth-order valence-corrected chi connectivity index (χ4v) is 2.36. The molecule has 0 amide bonds. The zero-order valence-electron chi connectivity index (χ0n) is 11.8. The highest BCUT2D eigenvalue weighted by atomic mass is 16.6. The summed E-state index contributed by atoms with van der Waals surface area (Å²) in [7, 11) is 0. The topological polar surface area (TPSA) is 104 Å². The molecule has 0 unspecified atom stereocenters. The second kappa shape index (κ2) is 5.36. The quantitative estimate of drug-likeness (QED) is 0.509. The van der Waals surface area contributed by atoms with Gasteiger partial charge in [0.15, 0.2) is 0 Å². The molecule has 1 aromatic heterocycles. The lowest BCUT2D eigenvalue weighted by Crippen LogP contribution is -2.00. The molecule has 0 aliphatic carbocycles. The smallest absolute Gasteiger partial charge is 0.323 e. The molecule has 3 N–H and O–H groups in total. The van der Waals surface area contributed by atoms with Crippen LogP contribution in [0, 0.1) is 17.0 Å². The van der Waals surface area contributed by atoms with Gasteiger partial charge in [-0.15, -0.1) is 0 Å². The van der Waals surface area contributed by atoms with E-state index in [4.69, 9.17) is 0 Å². The van der Waals surface area contributed by atoms with Crippen LogP contribution < -0.4 is 11.0 Å². The van der Waals surface area contributed by atoms with Gasteiger partial charge in [-0.3, -0.25) is 10.1 Å². The molecule has 0 saturated carbocycles. The number of rotatable bonds is 4. The number of imidazole rings is 1. The maximum atomic E-state index is 11.2. The van der Waals surface area contributed by atoms with Crippen molar-refractivity contribution in [2.24, 2.45) is 0 Å². The molecule has 7 nitrogen and oxygen atoms in total. The van der Waals surface area contributed by atoms with Crippen LogP contribution >= 0.6 is 0 Å². The number of nitrogens with zero attached hydrogens (tertiary/aromatic N) is 1. The third-order valence-electron chi connectivity index (χ3n) is 3.47. The first kappa shape index (κ1) is 13.9. The van der Waals surface area contributed by atoms with Gasteiger partial charge in [-0.2, -0.15) is 0 Å². The second-order valence-electron chi connectivity index (χ2n) is 5.07. The molecule has 0 aliphatic heterocycles. The highest BCUT2D eigenvalue weighted by molar-refractivity contribution is 5.75. The van der Waals surface area contributed by atoms with E-state index < -0.39 is 4.92 Å². The van der Waals surface area contributed by atoms with Crippen molar-refractivity contribution in [2.75, 3.05) is 5.32 Å². The van der Waals surface area contributed by atoms with Crippen LogP contribution in [0.25, 0.3) is 11.0 Å². The minimum absolute atomic E-state index is 0.108. The normalized spacial score (nSPS) is 10.8. The van der Waals surface area contributed by atoms with Gasteiger partial charge in [0.25, 0.3) is 5.69 Å². The molecule has 0 bridgehead atoms. The summed E-state index contributed by atoms with van der Waals surface area (Å²) in [5.41, 5.74) is 3.82. The fourth-order valence-electron chi connectivity index (χ4n) is 2.36. The van der Waals surface area contributed by atoms with Gasteiger partial charge < -0.3 is 15.3 Å². The lowest BCUT2D eigenvalue weighted by Gasteiger charge is -2.08. The number of nitrogens with one attached hydrogen (secondary N) is 3. The van der Waals surface area contributed by atoms with Gasteiger partial charge >= 0.3 is 5.69 Å². The number of nitro benzene ring substituents is 1. The van der Waals surface area contributed by atoms with Crippen molar-refractivity contribution in [1.82, 2.24) is 9.97 Å². The number of fused-ring (bicyclic) bond motifs is 1. The lowest BCUT2D eigenvalue weighted by atomic mass is 10.1.